The van der Waals surface area contributed by atoms with Gasteiger partial charge in [0.1, 0.15) is 0 Å². The van der Waals surface area contributed by atoms with E-state index in [4.69, 9.17) is 24.5 Å². The van der Waals surface area contributed by atoms with Crippen molar-refractivity contribution in [1.29, 1.82) is 0 Å². The number of fused-ring (bicyclic) bond motifs is 1. The Balaban J connectivity index is 0.000000383. The Morgan fingerprint density at radius 3 is 2.03 bits per heavy atom. The molecule has 3 heterocycles. The SMILES string of the molecule is CCOCC1CN(c2ccc(C)nn2)Cc2cnn(CC)c21.O=C(O)C(F)(F)F.O=C(O)C(F)(F)F. The maximum absolute atomic E-state index is 10.6. The Hall–Kier alpha value is -3.43. The highest BCUT2D eigenvalue weighted by molar-refractivity contribution is 5.73. The van der Waals surface area contributed by atoms with Crippen LogP contribution in [-0.4, -0.2) is 74.2 Å². The predicted octanol–water partition coefficient (Wildman–Crippen LogP) is 3.41. The number of hydrogen-bond donors (Lipinski definition) is 2. The van der Waals surface area contributed by atoms with Crippen LogP contribution in [0.15, 0.2) is 18.3 Å². The summed E-state index contributed by atoms with van der Waals surface area (Å²) in [6.45, 7) is 10.2. The second-order valence-corrected chi connectivity index (χ2v) is 7.25. The van der Waals surface area contributed by atoms with Gasteiger partial charge in [-0.2, -0.15) is 36.5 Å². The van der Waals surface area contributed by atoms with E-state index < -0.39 is 24.3 Å². The molecule has 0 saturated heterocycles. The second kappa shape index (κ2) is 13.0. The van der Waals surface area contributed by atoms with Crippen LogP contribution in [0.25, 0.3) is 0 Å². The minimum absolute atomic E-state index is 0.314. The molecule has 0 radical (unpaired) electrons. The molecule has 1 aliphatic heterocycles. The molecule has 1 aliphatic rings. The summed E-state index contributed by atoms with van der Waals surface area (Å²) in [5, 5.41) is 27.3. The molecular weight excluding hydrogens is 504 g/mol. The largest absolute Gasteiger partial charge is 0.490 e. The Labute approximate surface area is 201 Å². The van der Waals surface area contributed by atoms with Crippen molar-refractivity contribution in [3.8, 4) is 0 Å². The minimum Gasteiger partial charge on any atom is -0.475 e. The number of aryl methyl sites for hydroxylation is 2. The third-order valence-electron chi connectivity index (χ3n) is 4.56. The average molecular weight is 529 g/mol. The van der Waals surface area contributed by atoms with E-state index in [0.717, 1.165) is 37.8 Å². The molecule has 3 rings (SSSR count). The molecule has 10 nitrogen and oxygen atoms in total. The molecule has 0 amide bonds. The topological polar surface area (TPSA) is 131 Å². The lowest BCUT2D eigenvalue weighted by Gasteiger charge is -2.33. The molecule has 36 heavy (non-hydrogen) atoms. The lowest BCUT2D eigenvalue weighted by atomic mass is 9.97. The molecule has 0 bridgehead atoms. The highest BCUT2D eigenvalue weighted by Gasteiger charge is 2.39. The fourth-order valence-corrected chi connectivity index (χ4v) is 3.03. The number of anilines is 1. The number of carboxylic acid groups (broad SMARTS) is 2. The normalized spacial score (nSPS) is 15.1. The first-order chi connectivity index (χ1) is 16.6. The van der Waals surface area contributed by atoms with Crippen LogP contribution in [0.4, 0.5) is 32.2 Å². The third-order valence-corrected chi connectivity index (χ3v) is 4.56. The van der Waals surface area contributed by atoms with Crippen LogP contribution >= 0.6 is 0 Å². The zero-order chi connectivity index (χ0) is 27.7. The molecule has 0 spiro atoms. The summed E-state index contributed by atoms with van der Waals surface area (Å²) in [6, 6.07) is 4.04. The van der Waals surface area contributed by atoms with Crippen molar-refractivity contribution in [3.63, 3.8) is 0 Å². The molecule has 2 aromatic heterocycles. The number of aliphatic carboxylic acids is 2. The van der Waals surface area contributed by atoms with Gasteiger partial charge in [-0.05, 0) is 32.9 Å². The van der Waals surface area contributed by atoms with Gasteiger partial charge in [-0.25, -0.2) is 9.59 Å². The maximum Gasteiger partial charge on any atom is 0.490 e. The number of carboxylic acids is 2. The van der Waals surface area contributed by atoms with E-state index in [2.05, 4.69) is 31.8 Å². The molecule has 2 aromatic rings. The van der Waals surface area contributed by atoms with Gasteiger partial charge in [0.05, 0.1) is 24.2 Å². The van der Waals surface area contributed by atoms with Gasteiger partial charge in [-0.15, -0.1) is 5.10 Å². The quantitative estimate of drug-likeness (QED) is 0.560. The van der Waals surface area contributed by atoms with Gasteiger partial charge < -0.3 is 19.8 Å². The number of nitrogens with zero attached hydrogens (tertiary/aromatic N) is 5. The second-order valence-electron chi connectivity index (χ2n) is 7.25. The molecule has 0 fully saturated rings. The summed E-state index contributed by atoms with van der Waals surface area (Å²) in [5.74, 6) is -4.28. The Bertz CT molecular complexity index is 970. The third kappa shape index (κ3) is 9.31. The van der Waals surface area contributed by atoms with Crippen molar-refractivity contribution in [2.75, 3.05) is 24.7 Å². The molecule has 16 heteroatoms. The van der Waals surface area contributed by atoms with Crippen LogP contribution in [0.1, 0.15) is 36.7 Å². The van der Waals surface area contributed by atoms with E-state index in [-0.39, 0.29) is 0 Å². The lowest BCUT2D eigenvalue weighted by molar-refractivity contribution is -0.193. The number of alkyl halides is 6. The highest BCUT2D eigenvalue weighted by atomic mass is 19.4. The maximum atomic E-state index is 10.6. The van der Waals surface area contributed by atoms with Gasteiger partial charge in [0.15, 0.2) is 5.82 Å². The first kappa shape index (κ1) is 30.6. The average Bonchev–Trinajstić information content (AvgIpc) is 3.21. The summed E-state index contributed by atoms with van der Waals surface area (Å²) >= 11 is 0. The predicted molar refractivity (Wildman–Crippen MR) is 112 cm³/mol. The molecule has 0 aliphatic carbocycles. The van der Waals surface area contributed by atoms with Gasteiger partial charge in [-0.3, -0.25) is 4.68 Å². The van der Waals surface area contributed by atoms with Crippen LogP contribution in [0.2, 0.25) is 0 Å². The summed E-state index contributed by atoms with van der Waals surface area (Å²) in [4.78, 5) is 20.1. The molecule has 2 N–H and O–H groups in total. The van der Waals surface area contributed by atoms with E-state index in [9.17, 15) is 26.3 Å². The minimum atomic E-state index is -5.08. The lowest BCUT2D eigenvalue weighted by Crippen LogP contribution is -2.37. The molecule has 202 valence electrons. The van der Waals surface area contributed by atoms with Crippen LogP contribution < -0.4 is 4.90 Å². The molecular formula is C20H25F6N5O5. The van der Waals surface area contributed by atoms with Gasteiger partial charge in [0.25, 0.3) is 0 Å². The number of hydrogen-bond acceptors (Lipinski definition) is 7. The van der Waals surface area contributed by atoms with Gasteiger partial charge in [-0.1, -0.05) is 0 Å². The standard InChI is InChI=1S/C16H23N5O.2C2HF3O2/c1-4-21-16-13(8-17-21)9-20(10-14(16)11-22-5-2)15-7-6-12(3)18-19-15;2*3-2(4,5)1(6)7/h6-8,14H,4-5,9-11H2,1-3H3;2*(H,6,7). The number of halogens is 6. The Kier molecular flexibility index (Phi) is 11.1. The molecule has 0 aromatic carbocycles. The fraction of sp³-hybridized carbons (Fsp3) is 0.550. The number of aromatic nitrogens is 4. The monoisotopic (exact) mass is 529 g/mol. The van der Waals surface area contributed by atoms with Crippen LogP contribution in [-0.2, 0) is 27.4 Å². The van der Waals surface area contributed by atoms with Crippen molar-refractivity contribution in [1.82, 2.24) is 20.0 Å². The highest BCUT2D eigenvalue weighted by Crippen LogP contribution is 2.31. The Morgan fingerprint density at radius 2 is 1.61 bits per heavy atom. The molecule has 0 saturated carbocycles. The zero-order valence-corrected chi connectivity index (χ0v) is 19.5. The van der Waals surface area contributed by atoms with Gasteiger partial charge >= 0.3 is 24.3 Å². The summed E-state index contributed by atoms with van der Waals surface area (Å²) in [7, 11) is 0. The number of carbonyl (C=O) groups is 2. The first-order valence-corrected chi connectivity index (χ1v) is 10.4. The van der Waals surface area contributed by atoms with E-state index in [1.54, 1.807) is 0 Å². The van der Waals surface area contributed by atoms with Crippen LogP contribution in [0.3, 0.4) is 0 Å². The van der Waals surface area contributed by atoms with Crippen molar-refractivity contribution in [2.24, 2.45) is 0 Å². The van der Waals surface area contributed by atoms with E-state index in [1.165, 1.54) is 11.3 Å². The molecule has 1 atom stereocenters. The number of rotatable bonds is 5. The van der Waals surface area contributed by atoms with Crippen LogP contribution in [0.5, 0.6) is 0 Å². The van der Waals surface area contributed by atoms with Crippen molar-refractivity contribution in [3.05, 3.63) is 35.3 Å². The Morgan fingerprint density at radius 1 is 1.06 bits per heavy atom. The first-order valence-electron chi connectivity index (χ1n) is 10.4. The van der Waals surface area contributed by atoms with E-state index >= 15 is 0 Å². The van der Waals surface area contributed by atoms with Crippen molar-refractivity contribution < 1.29 is 50.9 Å². The summed E-state index contributed by atoms with van der Waals surface area (Å²) in [6.07, 6.45) is -8.19. The summed E-state index contributed by atoms with van der Waals surface area (Å²) in [5.41, 5.74) is 3.51. The van der Waals surface area contributed by atoms with Crippen molar-refractivity contribution >= 4 is 17.8 Å². The van der Waals surface area contributed by atoms with Gasteiger partial charge in [0, 0.05) is 37.7 Å². The smallest absolute Gasteiger partial charge is 0.475 e. The van der Waals surface area contributed by atoms with Gasteiger partial charge in [0.2, 0.25) is 0 Å². The fourth-order valence-electron chi connectivity index (χ4n) is 3.03. The zero-order valence-electron chi connectivity index (χ0n) is 19.5. The van der Waals surface area contributed by atoms with E-state index in [1.807, 2.05) is 32.2 Å². The summed E-state index contributed by atoms with van der Waals surface area (Å²) < 4.78 is 71.3. The van der Waals surface area contributed by atoms with E-state index in [0.29, 0.717) is 12.5 Å². The van der Waals surface area contributed by atoms with Crippen molar-refractivity contribution in [2.45, 2.75) is 52.1 Å². The number of ether oxygens (including phenoxy) is 1. The van der Waals surface area contributed by atoms with Crippen LogP contribution in [0, 0.1) is 6.92 Å². The molecule has 1 unspecified atom stereocenters.